The molecule has 0 saturated carbocycles. The lowest BCUT2D eigenvalue weighted by Gasteiger charge is -2.17. The fraction of sp³-hybridized carbons (Fsp3) is 0.211. The summed E-state index contributed by atoms with van der Waals surface area (Å²) >= 11 is 0. The normalized spacial score (nSPS) is 12.4. The molecular formula is C19H19N2O. The standard InChI is InChI=1S/C19H19N2O/c1-15(20-11-12-22)14-21-18-10-6-5-9-17(18)13-19(21)16-7-3-2-4-8-16/h2-10,13,15,20H,11,14H2,1H3/t15-/m0/s1. The maximum absolute atomic E-state index is 10.4. The van der Waals surface area contributed by atoms with Gasteiger partial charge in [0.1, 0.15) is 0 Å². The zero-order chi connectivity index (χ0) is 15.4. The summed E-state index contributed by atoms with van der Waals surface area (Å²) in [6.07, 6.45) is 1.89. The van der Waals surface area contributed by atoms with Crippen molar-refractivity contribution in [3.63, 3.8) is 0 Å². The third-order valence-corrected chi connectivity index (χ3v) is 3.86. The first-order valence-electron chi connectivity index (χ1n) is 7.51. The number of hydrogen-bond donors (Lipinski definition) is 1. The van der Waals surface area contributed by atoms with E-state index in [0.29, 0.717) is 0 Å². The van der Waals surface area contributed by atoms with E-state index in [-0.39, 0.29) is 12.6 Å². The first kappa shape index (κ1) is 14.5. The Labute approximate surface area is 130 Å². The summed E-state index contributed by atoms with van der Waals surface area (Å²) in [6.45, 7) is 3.15. The van der Waals surface area contributed by atoms with Gasteiger partial charge in [-0.05, 0) is 24.6 Å². The molecule has 0 aliphatic heterocycles. The highest BCUT2D eigenvalue weighted by molar-refractivity contribution is 5.87. The van der Waals surface area contributed by atoms with Crippen molar-refractivity contribution in [1.29, 1.82) is 0 Å². The first-order chi connectivity index (χ1) is 10.8. The van der Waals surface area contributed by atoms with Crippen LogP contribution in [0.4, 0.5) is 0 Å². The van der Waals surface area contributed by atoms with Crippen LogP contribution >= 0.6 is 0 Å². The molecule has 0 amide bonds. The van der Waals surface area contributed by atoms with E-state index < -0.39 is 0 Å². The molecule has 3 heteroatoms. The number of carbonyl (C=O) groups excluding carboxylic acids is 1. The van der Waals surface area contributed by atoms with Crippen molar-refractivity contribution >= 4 is 17.2 Å². The molecule has 0 aliphatic carbocycles. The van der Waals surface area contributed by atoms with E-state index in [0.717, 1.165) is 6.54 Å². The topological polar surface area (TPSA) is 34.0 Å². The summed E-state index contributed by atoms with van der Waals surface area (Å²) in [7, 11) is 0. The molecule has 0 saturated heterocycles. The lowest BCUT2D eigenvalue weighted by molar-refractivity contribution is 0.497. The molecular weight excluding hydrogens is 272 g/mol. The van der Waals surface area contributed by atoms with Gasteiger partial charge in [0, 0.05) is 29.2 Å². The molecule has 1 atom stereocenters. The molecule has 1 N–H and O–H groups in total. The number of nitrogens with zero attached hydrogens (tertiary/aromatic N) is 1. The molecule has 22 heavy (non-hydrogen) atoms. The van der Waals surface area contributed by atoms with Crippen molar-refractivity contribution in [2.24, 2.45) is 0 Å². The number of hydrogen-bond acceptors (Lipinski definition) is 2. The summed E-state index contributed by atoms with van der Waals surface area (Å²) in [5.41, 5.74) is 3.61. The zero-order valence-electron chi connectivity index (χ0n) is 12.6. The number of para-hydroxylation sites is 1. The third kappa shape index (κ3) is 2.95. The van der Waals surface area contributed by atoms with Crippen LogP contribution in [0.5, 0.6) is 0 Å². The molecule has 111 valence electrons. The van der Waals surface area contributed by atoms with E-state index in [1.54, 1.807) is 0 Å². The van der Waals surface area contributed by atoms with Gasteiger partial charge >= 0.3 is 0 Å². The summed E-state index contributed by atoms with van der Waals surface area (Å²) in [6, 6.07) is 21.2. The highest BCUT2D eigenvalue weighted by atomic mass is 16.1. The first-order valence-corrected chi connectivity index (χ1v) is 7.51. The molecule has 1 aromatic heterocycles. The van der Waals surface area contributed by atoms with E-state index in [9.17, 15) is 4.79 Å². The molecule has 0 fully saturated rings. The Bertz CT molecular complexity index is 761. The Morgan fingerprint density at radius 2 is 1.82 bits per heavy atom. The Kier molecular flexibility index (Phi) is 4.35. The summed E-state index contributed by atoms with van der Waals surface area (Å²) in [4.78, 5) is 10.4. The lowest BCUT2D eigenvalue weighted by Crippen LogP contribution is -2.31. The molecule has 3 aromatic rings. The van der Waals surface area contributed by atoms with Crippen LogP contribution < -0.4 is 5.32 Å². The molecule has 1 heterocycles. The molecule has 3 rings (SSSR count). The largest absolute Gasteiger partial charge is 0.339 e. The molecule has 2 aromatic carbocycles. The average Bonchev–Trinajstić information content (AvgIpc) is 2.92. The zero-order valence-corrected chi connectivity index (χ0v) is 12.6. The molecule has 3 nitrogen and oxygen atoms in total. The van der Waals surface area contributed by atoms with Crippen LogP contribution in [0.15, 0.2) is 60.7 Å². The highest BCUT2D eigenvalue weighted by Crippen LogP contribution is 2.28. The van der Waals surface area contributed by atoms with Crippen LogP contribution in [0.3, 0.4) is 0 Å². The van der Waals surface area contributed by atoms with Gasteiger partial charge in [-0.3, -0.25) is 4.79 Å². The molecule has 0 unspecified atom stereocenters. The quantitative estimate of drug-likeness (QED) is 0.755. The van der Waals surface area contributed by atoms with Crippen molar-refractivity contribution in [3.8, 4) is 11.3 Å². The maximum Gasteiger partial charge on any atom is 0.213 e. The van der Waals surface area contributed by atoms with Crippen LogP contribution in [-0.2, 0) is 11.3 Å². The highest BCUT2D eigenvalue weighted by Gasteiger charge is 2.12. The van der Waals surface area contributed by atoms with Crippen molar-refractivity contribution in [3.05, 3.63) is 60.7 Å². The van der Waals surface area contributed by atoms with Gasteiger partial charge in [-0.2, -0.15) is 0 Å². The van der Waals surface area contributed by atoms with E-state index >= 15 is 0 Å². The van der Waals surface area contributed by atoms with Crippen molar-refractivity contribution < 1.29 is 4.79 Å². The van der Waals surface area contributed by atoms with Crippen LogP contribution in [0.2, 0.25) is 0 Å². The second-order valence-electron chi connectivity index (χ2n) is 5.49. The van der Waals surface area contributed by atoms with Gasteiger partial charge in [-0.15, -0.1) is 0 Å². The minimum atomic E-state index is 0.194. The van der Waals surface area contributed by atoms with Crippen LogP contribution in [0.1, 0.15) is 6.92 Å². The van der Waals surface area contributed by atoms with Crippen molar-refractivity contribution in [2.75, 3.05) is 6.54 Å². The van der Waals surface area contributed by atoms with Gasteiger partial charge in [0.2, 0.25) is 6.29 Å². The summed E-state index contributed by atoms with van der Waals surface area (Å²) in [5, 5.41) is 4.40. The van der Waals surface area contributed by atoms with Gasteiger partial charge in [-0.25, -0.2) is 0 Å². The van der Waals surface area contributed by atoms with Gasteiger partial charge in [-0.1, -0.05) is 48.5 Å². The second kappa shape index (κ2) is 6.58. The number of fused-ring (bicyclic) bond motifs is 1. The predicted octanol–water partition coefficient (Wildman–Crippen LogP) is 3.40. The molecule has 0 aliphatic rings. The molecule has 0 bridgehead atoms. The fourth-order valence-electron chi connectivity index (χ4n) is 2.81. The Hall–Kier alpha value is -2.39. The minimum Gasteiger partial charge on any atom is -0.339 e. The van der Waals surface area contributed by atoms with Gasteiger partial charge in [0.25, 0.3) is 0 Å². The van der Waals surface area contributed by atoms with Gasteiger partial charge in [0.05, 0.1) is 6.54 Å². The van der Waals surface area contributed by atoms with Crippen LogP contribution in [0, 0.1) is 0 Å². The maximum atomic E-state index is 10.4. The predicted molar refractivity (Wildman–Crippen MR) is 90.5 cm³/mol. The van der Waals surface area contributed by atoms with E-state index in [4.69, 9.17) is 0 Å². The number of rotatable bonds is 6. The van der Waals surface area contributed by atoms with Crippen molar-refractivity contribution in [1.82, 2.24) is 9.88 Å². The van der Waals surface area contributed by atoms with E-state index in [1.807, 2.05) is 12.4 Å². The lowest BCUT2D eigenvalue weighted by atomic mass is 10.1. The molecule has 0 spiro atoms. The SMILES string of the molecule is C[C@@H](Cn1c(-c2ccccc2)cc2ccccc21)NC[C]=O. The van der Waals surface area contributed by atoms with E-state index in [1.165, 1.54) is 22.2 Å². The fourth-order valence-corrected chi connectivity index (χ4v) is 2.81. The van der Waals surface area contributed by atoms with Gasteiger partial charge in [0.15, 0.2) is 0 Å². The summed E-state index contributed by atoms with van der Waals surface area (Å²) < 4.78 is 2.31. The minimum absolute atomic E-state index is 0.194. The molecule has 1 radical (unpaired) electrons. The number of nitrogens with one attached hydrogen (secondary N) is 1. The summed E-state index contributed by atoms with van der Waals surface area (Å²) in [5.74, 6) is 0. The third-order valence-electron chi connectivity index (χ3n) is 3.86. The Morgan fingerprint density at radius 3 is 2.59 bits per heavy atom. The number of benzene rings is 2. The second-order valence-corrected chi connectivity index (χ2v) is 5.49. The average molecular weight is 291 g/mol. The van der Waals surface area contributed by atoms with Crippen molar-refractivity contribution in [2.45, 2.75) is 19.5 Å². The monoisotopic (exact) mass is 291 g/mol. The smallest absolute Gasteiger partial charge is 0.213 e. The Morgan fingerprint density at radius 1 is 1.09 bits per heavy atom. The van der Waals surface area contributed by atoms with Crippen LogP contribution in [0.25, 0.3) is 22.2 Å². The van der Waals surface area contributed by atoms with E-state index in [2.05, 4.69) is 71.4 Å². The Balaban J connectivity index is 2.03. The number of aromatic nitrogens is 1. The van der Waals surface area contributed by atoms with Crippen LogP contribution in [-0.4, -0.2) is 23.4 Å². The van der Waals surface area contributed by atoms with Gasteiger partial charge < -0.3 is 9.88 Å².